The zero-order valence-corrected chi connectivity index (χ0v) is 20.2. The summed E-state index contributed by atoms with van der Waals surface area (Å²) in [5.41, 5.74) is 0. The minimum atomic E-state index is -4.08. The molecule has 0 aliphatic heterocycles. The maximum atomic E-state index is 11.7. The van der Waals surface area contributed by atoms with Crippen LogP contribution in [-0.2, 0) is 10.1 Å². The monoisotopic (exact) mass is 434 g/mol. The molecule has 0 bridgehead atoms. The van der Waals surface area contributed by atoms with E-state index in [4.69, 9.17) is 0 Å². The largest absolute Gasteiger partial charge is 0.393 e. The van der Waals surface area contributed by atoms with Gasteiger partial charge in [-0.05, 0) is 19.3 Å². The third-order valence-corrected chi connectivity index (χ3v) is 7.25. The summed E-state index contributed by atoms with van der Waals surface area (Å²) in [6.07, 6.45) is 20.9. The van der Waals surface area contributed by atoms with Crippen molar-refractivity contribution in [3.8, 4) is 0 Å². The molecule has 2 atom stereocenters. The van der Waals surface area contributed by atoms with Crippen LogP contribution in [0.2, 0.25) is 0 Å². The first-order valence-electron chi connectivity index (χ1n) is 12.6. The molecule has 0 fully saturated rings. The van der Waals surface area contributed by atoms with Crippen LogP contribution in [0.3, 0.4) is 0 Å². The zero-order chi connectivity index (χ0) is 21.8. The van der Waals surface area contributed by atoms with Gasteiger partial charge in [-0.2, -0.15) is 8.42 Å². The van der Waals surface area contributed by atoms with E-state index in [2.05, 4.69) is 13.8 Å². The van der Waals surface area contributed by atoms with Gasteiger partial charge in [0.25, 0.3) is 10.1 Å². The molecule has 0 amide bonds. The Bertz CT molecular complexity index is 436. The predicted octanol–water partition coefficient (Wildman–Crippen LogP) is 7.45. The number of unbranched alkanes of at least 4 members (excludes halogenated alkanes) is 15. The number of aliphatic hydroxyl groups excluding tert-OH is 1. The van der Waals surface area contributed by atoms with Crippen LogP contribution < -0.4 is 0 Å². The molecule has 29 heavy (non-hydrogen) atoms. The SMILES string of the molecule is CCCCCCCCCCCC(CC(O)CCCCCCCCCC)S(=O)(=O)O. The van der Waals surface area contributed by atoms with Gasteiger partial charge in [-0.25, -0.2) is 0 Å². The molecule has 5 heteroatoms. The summed E-state index contributed by atoms with van der Waals surface area (Å²) in [6.45, 7) is 4.44. The van der Waals surface area contributed by atoms with E-state index in [9.17, 15) is 18.1 Å². The molecule has 2 unspecified atom stereocenters. The van der Waals surface area contributed by atoms with E-state index in [1.807, 2.05) is 0 Å². The van der Waals surface area contributed by atoms with Crippen LogP contribution in [0.25, 0.3) is 0 Å². The maximum absolute atomic E-state index is 11.7. The van der Waals surface area contributed by atoms with Crippen molar-refractivity contribution in [2.24, 2.45) is 0 Å². The van der Waals surface area contributed by atoms with Crippen molar-refractivity contribution >= 4 is 10.1 Å². The highest BCUT2D eigenvalue weighted by Gasteiger charge is 2.25. The molecule has 2 N–H and O–H groups in total. The van der Waals surface area contributed by atoms with Crippen LogP contribution in [-0.4, -0.2) is 29.4 Å². The lowest BCUT2D eigenvalue weighted by Gasteiger charge is -2.18. The van der Waals surface area contributed by atoms with E-state index in [-0.39, 0.29) is 6.42 Å². The summed E-state index contributed by atoms with van der Waals surface area (Å²) in [7, 11) is -4.08. The second-order valence-electron chi connectivity index (χ2n) is 8.91. The van der Waals surface area contributed by atoms with Crippen molar-refractivity contribution < 1.29 is 18.1 Å². The van der Waals surface area contributed by atoms with E-state index in [1.165, 1.54) is 77.0 Å². The van der Waals surface area contributed by atoms with Gasteiger partial charge in [0.1, 0.15) is 0 Å². The average Bonchev–Trinajstić information content (AvgIpc) is 2.67. The second kappa shape index (κ2) is 19.8. The van der Waals surface area contributed by atoms with E-state index in [0.29, 0.717) is 12.8 Å². The molecular formula is C24H50O4S. The van der Waals surface area contributed by atoms with Gasteiger partial charge in [-0.15, -0.1) is 0 Å². The summed E-state index contributed by atoms with van der Waals surface area (Å²) in [5.74, 6) is 0. The van der Waals surface area contributed by atoms with Crippen molar-refractivity contribution in [1.82, 2.24) is 0 Å². The fourth-order valence-electron chi connectivity index (χ4n) is 4.01. The molecule has 0 saturated heterocycles. The van der Waals surface area contributed by atoms with E-state index < -0.39 is 21.5 Å². The average molecular weight is 435 g/mol. The quantitative estimate of drug-likeness (QED) is 0.137. The first-order chi connectivity index (χ1) is 13.9. The van der Waals surface area contributed by atoms with E-state index >= 15 is 0 Å². The van der Waals surface area contributed by atoms with Crippen LogP contribution in [0.4, 0.5) is 0 Å². The molecule has 0 aromatic rings. The first-order valence-corrected chi connectivity index (χ1v) is 14.1. The van der Waals surface area contributed by atoms with Crippen LogP contribution in [0.1, 0.15) is 142 Å². The van der Waals surface area contributed by atoms with Crippen molar-refractivity contribution in [3.63, 3.8) is 0 Å². The van der Waals surface area contributed by atoms with Crippen LogP contribution >= 0.6 is 0 Å². The fourth-order valence-corrected chi connectivity index (χ4v) is 4.94. The van der Waals surface area contributed by atoms with Gasteiger partial charge in [0.05, 0.1) is 11.4 Å². The van der Waals surface area contributed by atoms with E-state index in [0.717, 1.165) is 32.1 Å². The molecule has 0 spiro atoms. The zero-order valence-electron chi connectivity index (χ0n) is 19.4. The van der Waals surface area contributed by atoms with Crippen LogP contribution in [0, 0.1) is 0 Å². The number of rotatable bonds is 22. The molecule has 0 aliphatic carbocycles. The third-order valence-electron chi connectivity index (χ3n) is 5.98. The molecule has 0 aromatic carbocycles. The first kappa shape index (κ1) is 28.9. The van der Waals surface area contributed by atoms with E-state index in [1.54, 1.807) is 0 Å². The Kier molecular flexibility index (Phi) is 19.7. The Labute approximate surface area is 182 Å². The summed E-state index contributed by atoms with van der Waals surface area (Å²) in [6, 6.07) is 0. The lowest BCUT2D eigenvalue weighted by molar-refractivity contribution is 0.146. The van der Waals surface area contributed by atoms with Gasteiger partial charge in [0, 0.05) is 0 Å². The molecule has 0 aliphatic rings. The molecule has 4 nitrogen and oxygen atoms in total. The molecule has 176 valence electrons. The van der Waals surface area contributed by atoms with Gasteiger partial charge in [-0.3, -0.25) is 4.55 Å². The minimum absolute atomic E-state index is 0.173. The summed E-state index contributed by atoms with van der Waals surface area (Å²) < 4.78 is 32.9. The number of hydrogen-bond donors (Lipinski definition) is 2. The molecule has 0 heterocycles. The Balaban J connectivity index is 3.84. The van der Waals surface area contributed by atoms with Gasteiger partial charge in [-0.1, -0.05) is 123 Å². The van der Waals surface area contributed by atoms with Crippen molar-refractivity contribution in [2.45, 2.75) is 154 Å². The van der Waals surface area contributed by atoms with Gasteiger partial charge < -0.3 is 5.11 Å². The summed E-state index contributed by atoms with van der Waals surface area (Å²) in [5, 5.41) is 9.41. The van der Waals surface area contributed by atoms with Gasteiger partial charge >= 0.3 is 0 Å². The van der Waals surface area contributed by atoms with Gasteiger partial charge in [0.15, 0.2) is 0 Å². The standard InChI is InChI=1S/C24H50O4S/c1-3-5-7-9-11-13-15-17-19-21-24(29(26,27)28)22-23(25)20-18-16-14-12-10-8-6-4-2/h23-25H,3-22H2,1-2H3,(H,26,27,28). The summed E-state index contributed by atoms with van der Waals surface area (Å²) in [4.78, 5) is 0. The predicted molar refractivity (Wildman–Crippen MR) is 125 cm³/mol. The lowest BCUT2D eigenvalue weighted by Crippen LogP contribution is -2.26. The second-order valence-corrected chi connectivity index (χ2v) is 10.6. The third kappa shape index (κ3) is 19.6. The Morgan fingerprint density at radius 3 is 1.31 bits per heavy atom. The molecule has 0 aromatic heterocycles. The van der Waals surface area contributed by atoms with Crippen molar-refractivity contribution in [3.05, 3.63) is 0 Å². The molecular weight excluding hydrogens is 384 g/mol. The Morgan fingerprint density at radius 1 is 0.586 bits per heavy atom. The highest BCUT2D eigenvalue weighted by molar-refractivity contribution is 7.86. The fraction of sp³-hybridized carbons (Fsp3) is 1.00. The van der Waals surface area contributed by atoms with Gasteiger partial charge in [0.2, 0.25) is 0 Å². The molecule has 0 rings (SSSR count). The summed E-state index contributed by atoms with van der Waals surface area (Å²) >= 11 is 0. The van der Waals surface area contributed by atoms with Crippen molar-refractivity contribution in [1.29, 1.82) is 0 Å². The maximum Gasteiger partial charge on any atom is 0.267 e. The van der Waals surface area contributed by atoms with Crippen LogP contribution in [0.5, 0.6) is 0 Å². The van der Waals surface area contributed by atoms with Crippen LogP contribution in [0.15, 0.2) is 0 Å². The normalized spacial score (nSPS) is 14.2. The Morgan fingerprint density at radius 2 is 0.931 bits per heavy atom. The number of hydrogen-bond acceptors (Lipinski definition) is 3. The molecule has 0 saturated carbocycles. The number of aliphatic hydroxyl groups is 1. The highest BCUT2D eigenvalue weighted by atomic mass is 32.2. The highest BCUT2D eigenvalue weighted by Crippen LogP contribution is 2.20. The Hall–Kier alpha value is -0.130. The minimum Gasteiger partial charge on any atom is -0.393 e. The smallest absolute Gasteiger partial charge is 0.267 e. The lowest BCUT2D eigenvalue weighted by atomic mass is 10.0. The van der Waals surface area contributed by atoms with Crippen molar-refractivity contribution in [2.75, 3.05) is 0 Å². The molecule has 0 radical (unpaired) electrons. The topological polar surface area (TPSA) is 74.6 Å².